The van der Waals surface area contributed by atoms with Crippen LogP contribution in [0.3, 0.4) is 0 Å². The number of halogens is 1. The van der Waals surface area contributed by atoms with Gasteiger partial charge in [0.25, 0.3) is 0 Å². The van der Waals surface area contributed by atoms with E-state index in [9.17, 15) is 8.42 Å². The molecule has 2 saturated heterocycles. The summed E-state index contributed by atoms with van der Waals surface area (Å²) in [6, 6.07) is 0. The maximum atomic E-state index is 11.5. The standard InChI is InChI=1S/C7H13NO2S.ClH/c9-11(10)5-1-2-7(11)3-4-8-6-7;/h8H,1-6H2;1H. The molecule has 5 heteroatoms. The Morgan fingerprint density at radius 2 is 2.00 bits per heavy atom. The third-order valence-corrected chi connectivity index (χ3v) is 5.61. The molecule has 0 aromatic carbocycles. The molecule has 2 rings (SSSR count). The van der Waals surface area contributed by atoms with E-state index in [1.807, 2.05) is 0 Å². The van der Waals surface area contributed by atoms with E-state index in [1.165, 1.54) is 0 Å². The fourth-order valence-electron chi connectivity index (χ4n) is 2.16. The molecule has 2 aliphatic heterocycles. The fraction of sp³-hybridized carbons (Fsp3) is 1.00. The Kier molecular flexibility index (Phi) is 2.71. The average molecular weight is 212 g/mol. The Labute approximate surface area is 79.2 Å². The third-order valence-electron chi connectivity index (χ3n) is 2.91. The summed E-state index contributed by atoms with van der Waals surface area (Å²) < 4.78 is 22.7. The maximum absolute atomic E-state index is 11.5. The average Bonchev–Trinajstić information content (AvgIpc) is 2.45. The minimum atomic E-state index is -2.75. The smallest absolute Gasteiger partial charge is 0.157 e. The van der Waals surface area contributed by atoms with E-state index in [-0.39, 0.29) is 17.2 Å². The summed E-state index contributed by atoms with van der Waals surface area (Å²) >= 11 is 0. The molecule has 2 fully saturated rings. The van der Waals surface area contributed by atoms with Crippen molar-refractivity contribution < 1.29 is 8.42 Å². The molecule has 0 saturated carbocycles. The Balaban J connectivity index is 0.000000720. The molecule has 12 heavy (non-hydrogen) atoms. The summed E-state index contributed by atoms with van der Waals surface area (Å²) in [6.07, 6.45) is 2.57. The van der Waals surface area contributed by atoms with Gasteiger partial charge in [0.15, 0.2) is 9.84 Å². The lowest BCUT2D eigenvalue weighted by Gasteiger charge is -2.19. The fourth-order valence-corrected chi connectivity index (χ4v) is 4.30. The van der Waals surface area contributed by atoms with Crippen molar-refractivity contribution in [1.82, 2.24) is 5.32 Å². The van der Waals surface area contributed by atoms with E-state index in [4.69, 9.17) is 0 Å². The second-order valence-corrected chi connectivity index (χ2v) is 6.04. The predicted octanol–water partition coefficient (Wildman–Crippen LogP) is 0.349. The van der Waals surface area contributed by atoms with E-state index in [2.05, 4.69) is 5.32 Å². The van der Waals surface area contributed by atoms with Gasteiger partial charge in [-0.15, -0.1) is 12.4 Å². The van der Waals surface area contributed by atoms with Crippen LogP contribution < -0.4 is 5.32 Å². The van der Waals surface area contributed by atoms with Crippen molar-refractivity contribution in [2.45, 2.75) is 24.0 Å². The molecule has 0 radical (unpaired) electrons. The molecule has 1 atom stereocenters. The molecule has 1 N–H and O–H groups in total. The summed E-state index contributed by atoms with van der Waals surface area (Å²) in [5.74, 6) is 0.411. The first kappa shape index (κ1) is 10.3. The van der Waals surface area contributed by atoms with Gasteiger partial charge >= 0.3 is 0 Å². The van der Waals surface area contributed by atoms with Crippen molar-refractivity contribution in [3.05, 3.63) is 0 Å². The van der Waals surface area contributed by atoms with Gasteiger partial charge in [0, 0.05) is 6.54 Å². The molecule has 0 amide bonds. The van der Waals surface area contributed by atoms with Gasteiger partial charge in [-0.1, -0.05) is 0 Å². The van der Waals surface area contributed by atoms with Gasteiger partial charge in [-0.05, 0) is 25.8 Å². The third kappa shape index (κ3) is 1.26. The highest BCUT2D eigenvalue weighted by molar-refractivity contribution is 7.93. The van der Waals surface area contributed by atoms with Crippen LogP contribution in [0.4, 0.5) is 0 Å². The topological polar surface area (TPSA) is 46.2 Å². The summed E-state index contributed by atoms with van der Waals surface area (Å²) in [6.45, 7) is 1.56. The number of nitrogens with one attached hydrogen (secondary N) is 1. The van der Waals surface area contributed by atoms with E-state index in [0.29, 0.717) is 12.3 Å². The monoisotopic (exact) mass is 211 g/mol. The minimum Gasteiger partial charge on any atom is -0.315 e. The zero-order chi connectivity index (χ0) is 7.95. The van der Waals surface area contributed by atoms with Crippen LogP contribution in [0.5, 0.6) is 0 Å². The maximum Gasteiger partial charge on any atom is 0.157 e. The molecule has 2 heterocycles. The van der Waals surface area contributed by atoms with Crippen LogP contribution in [0.25, 0.3) is 0 Å². The van der Waals surface area contributed by atoms with Crippen LogP contribution in [0, 0.1) is 0 Å². The summed E-state index contributed by atoms with van der Waals surface area (Å²) in [5.41, 5.74) is 0. The van der Waals surface area contributed by atoms with Crippen LogP contribution in [0.1, 0.15) is 19.3 Å². The quantitative estimate of drug-likeness (QED) is 0.629. The lowest BCUT2D eigenvalue weighted by atomic mass is 10.0. The van der Waals surface area contributed by atoms with Gasteiger partial charge in [-0.25, -0.2) is 8.42 Å². The number of sulfone groups is 1. The highest BCUT2D eigenvalue weighted by atomic mass is 35.5. The molecule has 3 nitrogen and oxygen atoms in total. The molecule has 0 aromatic heterocycles. The largest absolute Gasteiger partial charge is 0.315 e. The summed E-state index contributed by atoms with van der Waals surface area (Å²) in [7, 11) is -2.75. The molecule has 0 aliphatic carbocycles. The summed E-state index contributed by atoms with van der Waals surface area (Å²) in [5, 5.41) is 3.13. The van der Waals surface area contributed by atoms with Crippen LogP contribution in [-0.4, -0.2) is 32.0 Å². The zero-order valence-corrected chi connectivity index (χ0v) is 8.51. The highest BCUT2D eigenvalue weighted by Gasteiger charge is 2.49. The Morgan fingerprint density at radius 1 is 1.25 bits per heavy atom. The van der Waals surface area contributed by atoms with Crippen molar-refractivity contribution in [3.8, 4) is 0 Å². The molecule has 1 unspecified atom stereocenters. The first-order valence-corrected chi connectivity index (χ1v) is 5.75. The van der Waals surface area contributed by atoms with Gasteiger partial charge in [0.2, 0.25) is 0 Å². The van der Waals surface area contributed by atoms with Gasteiger partial charge in [-0.3, -0.25) is 0 Å². The van der Waals surface area contributed by atoms with E-state index >= 15 is 0 Å². The highest BCUT2D eigenvalue weighted by Crippen LogP contribution is 2.36. The van der Waals surface area contributed by atoms with E-state index in [1.54, 1.807) is 0 Å². The van der Waals surface area contributed by atoms with Gasteiger partial charge in [-0.2, -0.15) is 0 Å². The molecule has 2 aliphatic rings. The molecule has 72 valence electrons. The van der Waals surface area contributed by atoms with Crippen LogP contribution in [0.15, 0.2) is 0 Å². The van der Waals surface area contributed by atoms with Crippen LogP contribution in [-0.2, 0) is 9.84 Å². The van der Waals surface area contributed by atoms with Crippen molar-refractivity contribution >= 4 is 22.2 Å². The van der Waals surface area contributed by atoms with Crippen molar-refractivity contribution in [2.75, 3.05) is 18.8 Å². The van der Waals surface area contributed by atoms with E-state index in [0.717, 1.165) is 25.8 Å². The number of hydrogen-bond acceptors (Lipinski definition) is 3. The molecule has 0 aromatic rings. The molecule has 1 spiro atoms. The van der Waals surface area contributed by atoms with Gasteiger partial charge < -0.3 is 5.32 Å². The second-order valence-electron chi connectivity index (χ2n) is 3.53. The van der Waals surface area contributed by atoms with Gasteiger partial charge in [0.1, 0.15) is 0 Å². The van der Waals surface area contributed by atoms with Gasteiger partial charge in [0.05, 0.1) is 10.5 Å². The lowest BCUT2D eigenvalue weighted by molar-refractivity contribution is 0.534. The van der Waals surface area contributed by atoms with Crippen molar-refractivity contribution in [3.63, 3.8) is 0 Å². The van der Waals surface area contributed by atoms with Crippen LogP contribution >= 0.6 is 12.4 Å². The first-order valence-electron chi connectivity index (χ1n) is 4.09. The first-order chi connectivity index (χ1) is 5.16. The second kappa shape index (κ2) is 3.16. The predicted molar refractivity (Wildman–Crippen MR) is 50.5 cm³/mol. The Morgan fingerprint density at radius 3 is 2.42 bits per heavy atom. The SMILES string of the molecule is Cl.O=S1(=O)CCCC12CCNC2. The number of hydrogen-bond donors (Lipinski definition) is 1. The molecule has 0 bridgehead atoms. The molecular formula is C7H14ClNO2S. The Bertz CT molecular complexity index is 251. The normalized spacial score (nSPS) is 38.3. The minimum absolute atomic E-state index is 0. The Hall–Kier alpha value is 0.200. The molecular weight excluding hydrogens is 198 g/mol. The number of rotatable bonds is 0. The lowest BCUT2D eigenvalue weighted by Crippen LogP contribution is -2.36. The van der Waals surface area contributed by atoms with Crippen molar-refractivity contribution in [1.29, 1.82) is 0 Å². The van der Waals surface area contributed by atoms with Crippen LogP contribution in [0.2, 0.25) is 0 Å². The van der Waals surface area contributed by atoms with Crippen molar-refractivity contribution in [2.24, 2.45) is 0 Å². The summed E-state index contributed by atoms with van der Waals surface area (Å²) in [4.78, 5) is 0. The zero-order valence-electron chi connectivity index (χ0n) is 6.88. The van der Waals surface area contributed by atoms with E-state index < -0.39 is 9.84 Å².